The van der Waals surface area contributed by atoms with Crippen molar-refractivity contribution in [3.63, 3.8) is 0 Å². The molecule has 0 amide bonds. The standard InChI is InChI=1S/C18H15FIN/c19-14-8-9-16(17(20)11-14)18(21)10-13-6-3-5-12-4-1-2-7-15(12)13/h1-9,11,18H,10,21H2. The number of halogens is 2. The van der Waals surface area contributed by atoms with Gasteiger partial charge in [0.1, 0.15) is 5.82 Å². The summed E-state index contributed by atoms with van der Waals surface area (Å²) >= 11 is 2.14. The van der Waals surface area contributed by atoms with Crippen LogP contribution < -0.4 is 5.73 Å². The Kier molecular flexibility index (Phi) is 4.22. The van der Waals surface area contributed by atoms with Crippen LogP contribution in [0.1, 0.15) is 17.2 Å². The average Bonchev–Trinajstić information content (AvgIpc) is 2.47. The highest BCUT2D eigenvalue weighted by Crippen LogP contribution is 2.26. The average molecular weight is 391 g/mol. The van der Waals surface area contributed by atoms with Crippen LogP contribution in [0.3, 0.4) is 0 Å². The molecule has 21 heavy (non-hydrogen) atoms. The normalized spacial score (nSPS) is 12.5. The zero-order chi connectivity index (χ0) is 14.8. The molecule has 3 aromatic rings. The second kappa shape index (κ2) is 6.12. The molecule has 1 unspecified atom stereocenters. The van der Waals surface area contributed by atoms with Crippen LogP contribution in [0.5, 0.6) is 0 Å². The topological polar surface area (TPSA) is 26.0 Å². The van der Waals surface area contributed by atoms with E-state index in [2.05, 4.69) is 52.9 Å². The molecule has 1 atom stereocenters. The first-order chi connectivity index (χ1) is 10.1. The molecule has 0 aliphatic carbocycles. The van der Waals surface area contributed by atoms with Crippen LogP contribution >= 0.6 is 22.6 Å². The maximum absolute atomic E-state index is 13.2. The van der Waals surface area contributed by atoms with Crippen molar-refractivity contribution in [2.24, 2.45) is 5.73 Å². The third kappa shape index (κ3) is 3.09. The molecule has 0 aliphatic rings. The number of rotatable bonds is 3. The highest BCUT2D eigenvalue weighted by atomic mass is 127. The second-order valence-electron chi connectivity index (χ2n) is 5.11. The molecule has 0 saturated heterocycles. The summed E-state index contributed by atoms with van der Waals surface area (Å²) in [6.07, 6.45) is 0.739. The van der Waals surface area contributed by atoms with Crippen LogP contribution in [0.2, 0.25) is 0 Å². The lowest BCUT2D eigenvalue weighted by molar-refractivity contribution is 0.623. The quantitative estimate of drug-likeness (QED) is 0.637. The Hall–Kier alpha value is -1.46. The fourth-order valence-electron chi connectivity index (χ4n) is 2.62. The number of benzene rings is 3. The summed E-state index contributed by atoms with van der Waals surface area (Å²) < 4.78 is 14.1. The highest BCUT2D eigenvalue weighted by Gasteiger charge is 2.12. The maximum atomic E-state index is 13.2. The van der Waals surface area contributed by atoms with Crippen molar-refractivity contribution >= 4 is 33.4 Å². The fraction of sp³-hybridized carbons (Fsp3) is 0.111. The van der Waals surface area contributed by atoms with E-state index in [1.54, 1.807) is 6.07 Å². The summed E-state index contributed by atoms with van der Waals surface area (Å²) in [5, 5.41) is 2.45. The van der Waals surface area contributed by atoms with Gasteiger partial charge in [-0.25, -0.2) is 4.39 Å². The summed E-state index contributed by atoms with van der Waals surface area (Å²) in [6.45, 7) is 0. The minimum absolute atomic E-state index is 0.136. The van der Waals surface area contributed by atoms with Gasteiger partial charge in [0, 0.05) is 9.61 Å². The number of fused-ring (bicyclic) bond motifs is 1. The van der Waals surface area contributed by atoms with Crippen molar-refractivity contribution in [2.45, 2.75) is 12.5 Å². The van der Waals surface area contributed by atoms with E-state index in [1.165, 1.54) is 28.5 Å². The van der Waals surface area contributed by atoms with Crippen LogP contribution in [0.25, 0.3) is 10.8 Å². The molecular formula is C18H15FIN. The molecule has 3 heteroatoms. The third-order valence-electron chi connectivity index (χ3n) is 3.68. The Morgan fingerprint density at radius 1 is 1.00 bits per heavy atom. The van der Waals surface area contributed by atoms with E-state index in [9.17, 15) is 4.39 Å². The Morgan fingerprint density at radius 3 is 2.57 bits per heavy atom. The molecule has 0 fully saturated rings. The summed E-state index contributed by atoms with van der Waals surface area (Å²) in [4.78, 5) is 0. The number of hydrogen-bond acceptors (Lipinski definition) is 1. The van der Waals surface area contributed by atoms with Crippen molar-refractivity contribution in [1.29, 1.82) is 0 Å². The van der Waals surface area contributed by atoms with Crippen molar-refractivity contribution < 1.29 is 4.39 Å². The van der Waals surface area contributed by atoms with Gasteiger partial charge in [-0.2, -0.15) is 0 Å². The first-order valence-electron chi connectivity index (χ1n) is 6.82. The molecule has 0 radical (unpaired) electrons. The van der Waals surface area contributed by atoms with Crippen molar-refractivity contribution in [2.75, 3.05) is 0 Å². The highest BCUT2D eigenvalue weighted by molar-refractivity contribution is 14.1. The molecule has 0 spiro atoms. The summed E-state index contributed by atoms with van der Waals surface area (Å²) in [6, 6.07) is 19.2. The van der Waals surface area contributed by atoms with Crippen LogP contribution in [-0.4, -0.2) is 0 Å². The van der Waals surface area contributed by atoms with Gasteiger partial charge in [0.25, 0.3) is 0 Å². The van der Waals surface area contributed by atoms with Gasteiger partial charge >= 0.3 is 0 Å². The van der Waals surface area contributed by atoms with E-state index in [0.29, 0.717) is 0 Å². The Bertz CT molecular complexity index is 780. The van der Waals surface area contributed by atoms with Crippen molar-refractivity contribution in [3.05, 3.63) is 81.2 Å². The molecule has 106 valence electrons. The molecule has 0 bridgehead atoms. The number of hydrogen-bond donors (Lipinski definition) is 1. The van der Waals surface area contributed by atoms with Gasteiger partial charge < -0.3 is 5.73 Å². The molecular weight excluding hydrogens is 376 g/mol. The van der Waals surface area contributed by atoms with Gasteiger partial charge in [0.15, 0.2) is 0 Å². The van der Waals surface area contributed by atoms with E-state index < -0.39 is 0 Å². The summed E-state index contributed by atoms with van der Waals surface area (Å²) in [7, 11) is 0. The van der Waals surface area contributed by atoms with Gasteiger partial charge in [-0.1, -0.05) is 48.5 Å². The molecule has 0 saturated carbocycles. The van der Waals surface area contributed by atoms with Crippen LogP contribution in [0.4, 0.5) is 4.39 Å². The first kappa shape index (κ1) is 14.5. The molecule has 1 nitrogen and oxygen atoms in total. The van der Waals surface area contributed by atoms with Gasteiger partial charge in [0.05, 0.1) is 0 Å². The molecule has 0 aliphatic heterocycles. The SMILES string of the molecule is NC(Cc1cccc2ccccc12)c1ccc(F)cc1I. The lowest BCUT2D eigenvalue weighted by Crippen LogP contribution is -2.15. The Labute approximate surface area is 137 Å². The van der Waals surface area contributed by atoms with E-state index in [4.69, 9.17) is 5.73 Å². The molecule has 0 aromatic heterocycles. The summed E-state index contributed by atoms with van der Waals surface area (Å²) in [5.41, 5.74) is 8.56. The van der Waals surface area contributed by atoms with Crippen LogP contribution in [-0.2, 0) is 6.42 Å². The predicted molar refractivity (Wildman–Crippen MR) is 93.7 cm³/mol. The minimum atomic E-state index is -0.222. The zero-order valence-electron chi connectivity index (χ0n) is 11.4. The monoisotopic (exact) mass is 391 g/mol. The third-order valence-corrected chi connectivity index (χ3v) is 4.62. The molecule has 2 N–H and O–H groups in total. The van der Waals surface area contributed by atoms with E-state index in [-0.39, 0.29) is 11.9 Å². The largest absolute Gasteiger partial charge is 0.324 e. The molecule has 3 aromatic carbocycles. The molecule has 0 heterocycles. The van der Waals surface area contributed by atoms with Crippen LogP contribution in [0, 0.1) is 9.39 Å². The minimum Gasteiger partial charge on any atom is -0.324 e. The number of nitrogens with two attached hydrogens (primary N) is 1. The van der Waals surface area contributed by atoms with E-state index >= 15 is 0 Å². The lowest BCUT2D eigenvalue weighted by Gasteiger charge is -2.15. The molecule has 3 rings (SSSR count). The smallest absolute Gasteiger partial charge is 0.124 e. The fourth-order valence-corrected chi connectivity index (χ4v) is 3.50. The van der Waals surface area contributed by atoms with Crippen molar-refractivity contribution in [3.8, 4) is 0 Å². The Balaban J connectivity index is 1.94. The first-order valence-corrected chi connectivity index (χ1v) is 7.90. The maximum Gasteiger partial charge on any atom is 0.124 e. The lowest BCUT2D eigenvalue weighted by atomic mass is 9.95. The predicted octanol–water partition coefficient (Wildman–Crippen LogP) is 4.83. The summed E-state index contributed by atoms with van der Waals surface area (Å²) in [5.74, 6) is -0.222. The van der Waals surface area contributed by atoms with Gasteiger partial charge in [0.2, 0.25) is 0 Å². The van der Waals surface area contributed by atoms with E-state index in [1.807, 2.05) is 12.1 Å². The van der Waals surface area contributed by atoms with Gasteiger partial charge in [-0.15, -0.1) is 0 Å². The second-order valence-corrected chi connectivity index (χ2v) is 6.28. The van der Waals surface area contributed by atoms with Gasteiger partial charge in [-0.05, 0) is 63.0 Å². The van der Waals surface area contributed by atoms with E-state index in [0.717, 1.165) is 15.6 Å². The van der Waals surface area contributed by atoms with Crippen molar-refractivity contribution in [1.82, 2.24) is 0 Å². The zero-order valence-corrected chi connectivity index (χ0v) is 13.5. The van der Waals surface area contributed by atoms with Gasteiger partial charge in [-0.3, -0.25) is 0 Å². The Morgan fingerprint density at radius 2 is 1.76 bits per heavy atom. The van der Waals surface area contributed by atoms with Crippen LogP contribution in [0.15, 0.2) is 60.7 Å².